The van der Waals surface area contributed by atoms with E-state index >= 15 is 0 Å². The summed E-state index contributed by atoms with van der Waals surface area (Å²) in [4.78, 5) is 24.0. The second kappa shape index (κ2) is 6.43. The van der Waals surface area contributed by atoms with Gasteiger partial charge in [0.25, 0.3) is 5.91 Å². The molecule has 0 heterocycles. The van der Waals surface area contributed by atoms with Crippen LogP contribution in [0.2, 0.25) is 0 Å². The first-order chi connectivity index (χ1) is 11.3. The van der Waals surface area contributed by atoms with Crippen LogP contribution in [0.1, 0.15) is 36.0 Å². The summed E-state index contributed by atoms with van der Waals surface area (Å²) in [6.07, 6.45) is 5.71. The van der Waals surface area contributed by atoms with Gasteiger partial charge >= 0.3 is 6.03 Å². The lowest BCUT2D eigenvalue weighted by molar-refractivity contribution is 0.0935. The maximum absolute atomic E-state index is 12.0. The second-order valence-electron chi connectivity index (χ2n) is 6.55. The third-order valence-corrected chi connectivity index (χ3v) is 5.52. The molecule has 8 heteroatoms. The van der Waals surface area contributed by atoms with Gasteiger partial charge in [-0.25, -0.2) is 18.6 Å². The molecule has 1 aromatic carbocycles. The maximum atomic E-state index is 12.0. The SMILES string of the molecule is CS(=O)(=O)c1ccc(C(=O)NNC(=O)NC(C2CC2)C2CC2)cc1. The maximum Gasteiger partial charge on any atom is 0.333 e. The number of hydrogen-bond acceptors (Lipinski definition) is 4. The summed E-state index contributed by atoms with van der Waals surface area (Å²) < 4.78 is 22.8. The van der Waals surface area contributed by atoms with Crippen molar-refractivity contribution in [2.45, 2.75) is 36.6 Å². The molecule has 2 aliphatic rings. The molecule has 24 heavy (non-hydrogen) atoms. The molecule has 0 spiro atoms. The summed E-state index contributed by atoms with van der Waals surface area (Å²) >= 11 is 0. The van der Waals surface area contributed by atoms with E-state index in [9.17, 15) is 18.0 Å². The Kier molecular flexibility index (Phi) is 4.49. The molecule has 2 saturated carbocycles. The van der Waals surface area contributed by atoms with Gasteiger partial charge in [0, 0.05) is 17.9 Å². The van der Waals surface area contributed by atoms with Crippen LogP contribution in [-0.4, -0.2) is 32.7 Å². The van der Waals surface area contributed by atoms with Gasteiger partial charge in [-0.2, -0.15) is 0 Å². The van der Waals surface area contributed by atoms with E-state index in [1.165, 1.54) is 24.3 Å². The van der Waals surface area contributed by atoms with Crippen molar-refractivity contribution in [2.24, 2.45) is 11.8 Å². The highest BCUT2D eigenvalue weighted by Gasteiger charge is 2.42. The molecule has 1 aromatic rings. The number of hydrogen-bond donors (Lipinski definition) is 3. The van der Waals surface area contributed by atoms with Gasteiger partial charge < -0.3 is 5.32 Å². The average Bonchev–Trinajstić information content (AvgIpc) is 3.42. The molecular formula is C16H21N3O4S. The predicted octanol–water partition coefficient (Wildman–Crippen LogP) is 1.22. The van der Waals surface area contributed by atoms with Crippen molar-refractivity contribution in [1.29, 1.82) is 0 Å². The van der Waals surface area contributed by atoms with Crippen LogP contribution >= 0.6 is 0 Å². The molecule has 2 aliphatic carbocycles. The third-order valence-electron chi connectivity index (χ3n) is 4.39. The lowest BCUT2D eigenvalue weighted by Gasteiger charge is -2.18. The first-order valence-corrected chi connectivity index (χ1v) is 9.91. The van der Waals surface area contributed by atoms with E-state index in [-0.39, 0.29) is 16.5 Å². The van der Waals surface area contributed by atoms with Gasteiger partial charge in [-0.05, 0) is 61.8 Å². The van der Waals surface area contributed by atoms with Gasteiger partial charge in [0.15, 0.2) is 9.84 Å². The van der Waals surface area contributed by atoms with Crippen LogP contribution < -0.4 is 16.2 Å². The molecule has 0 saturated heterocycles. The van der Waals surface area contributed by atoms with E-state index in [4.69, 9.17) is 0 Å². The summed E-state index contributed by atoms with van der Waals surface area (Å²) in [5.74, 6) is 0.643. The van der Waals surface area contributed by atoms with E-state index in [2.05, 4.69) is 16.2 Å². The minimum Gasteiger partial charge on any atom is -0.333 e. The van der Waals surface area contributed by atoms with Crippen LogP contribution in [-0.2, 0) is 9.84 Å². The molecule has 2 fully saturated rings. The van der Waals surface area contributed by atoms with Crippen LogP contribution in [0.15, 0.2) is 29.2 Å². The summed E-state index contributed by atoms with van der Waals surface area (Å²) in [7, 11) is -3.30. The van der Waals surface area contributed by atoms with E-state index in [1.807, 2.05) is 0 Å². The Bertz CT molecular complexity index is 725. The standard InChI is InChI=1S/C16H21N3O4S/c1-24(22,23)13-8-6-12(7-9-13)15(20)18-19-16(21)17-14(10-2-3-10)11-4-5-11/h6-11,14H,2-5H2,1H3,(H,18,20)(H2,17,19,21). The van der Waals surface area contributed by atoms with Crippen LogP contribution in [0.25, 0.3) is 0 Å². The number of carbonyl (C=O) groups is 2. The van der Waals surface area contributed by atoms with Crippen molar-refractivity contribution in [2.75, 3.05) is 6.26 Å². The number of nitrogens with one attached hydrogen (secondary N) is 3. The molecule has 3 N–H and O–H groups in total. The molecule has 130 valence electrons. The highest BCUT2D eigenvalue weighted by Crippen LogP contribution is 2.44. The molecular weight excluding hydrogens is 330 g/mol. The Hall–Kier alpha value is -2.09. The summed E-state index contributed by atoms with van der Waals surface area (Å²) in [5.41, 5.74) is 4.95. The van der Waals surface area contributed by atoms with Crippen molar-refractivity contribution >= 4 is 21.8 Å². The first-order valence-electron chi connectivity index (χ1n) is 8.01. The zero-order valence-electron chi connectivity index (χ0n) is 13.4. The fourth-order valence-corrected chi connectivity index (χ4v) is 3.39. The zero-order valence-corrected chi connectivity index (χ0v) is 14.2. The van der Waals surface area contributed by atoms with Gasteiger partial charge in [0.05, 0.1) is 4.90 Å². The number of amides is 3. The Balaban J connectivity index is 1.50. The summed E-state index contributed by atoms with van der Waals surface area (Å²) in [5, 5.41) is 2.93. The number of carbonyl (C=O) groups excluding carboxylic acids is 2. The normalized spacial score (nSPS) is 17.4. The van der Waals surface area contributed by atoms with Crippen LogP contribution in [0, 0.1) is 11.8 Å². The van der Waals surface area contributed by atoms with Crippen molar-refractivity contribution in [1.82, 2.24) is 16.2 Å². The second-order valence-corrected chi connectivity index (χ2v) is 8.57. The molecule has 3 amide bonds. The van der Waals surface area contributed by atoms with Crippen molar-refractivity contribution < 1.29 is 18.0 Å². The molecule has 3 rings (SSSR count). The van der Waals surface area contributed by atoms with E-state index in [0.29, 0.717) is 11.8 Å². The number of urea groups is 1. The van der Waals surface area contributed by atoms with Crippen LogP contribution in [0.4, 0.5) is 4.79 Å². The summed E-state index contributed by atoms with van der Waals surface area (Å²) in [6, 6.07) is 5.32. The highest BCUT2D eigenvalue weighted by molar-refractivity contribution is 7.90. The Morgan fingerprint density at radius 1 is 1.00 bits per heavy atom. The number of benzene rings is 1. The Morgan fingerprint density at radius 2 is 1.54 bits per heavy atom. The lowest BCUT2D eigenvalue weighted by atomic mass is 10.1. The largest absolute Gasteiger partial charge is 0.333 e. The quantitative estimate of drug-likeness (QED) is 0.694. The van der Waals surface area contributed by atoms with Gasteiger partial charge in [-0.3, -0.25) is 10.2 Å². The fourth-order valence-electron chi connectivity index (χ4n) is 2.76. The van der Waals surface area contributed by atoms with Crippen LogP contribution in [0.3, 0.4) is 0 Å². The average molecular weight is 351 g/mol. The molecule has 7 nitrogen and oxygen atoms in total. The van der Waals surface area contributed by atoms with Gasteiger partial charge in [-0.15, -0.1) is 0 Å². The van der Waals surface area contributed by atoms with E-state index in [1.54, 1.807) is 0 Å². The fraction of sp³-hybridized carbons (Fsp3) is 0.500. The lowest BCUT2D eigenvalue weighted by Crippen LogP contribution is -2.51. The molecule has 0 aliphatic heterocycles. The minimum atomic E-state index is -3.30. The third kappa shape index (κ3) is 4.25. The Morgan fingerprint density at radius 3 is 2.00 bits per heavy atom. The number of rotatable bonds is 5. The highest BCUT2D eigenvalue weighted by atomic mass is 32.2. The van der Waals surface area contributed by atoms with Crippen molar-refractivity contribution in [3.05, 3.63) is 29.8 Å². The van der Waals surface area contributed by atoms with Gasteiger partial charge in [-0.1, -0.05) is 0 Å². The van der Waals surface area contributed by atoms with Gasteiger partial charge in [0.1, 0.15) is 0 Å². The van der Waals surface area contributed by atoms with E-state index < -0.39 is 21.8 Å². The molecule has 0 radical (unpaired) electrons. The van der Waals surface area contributed by atoms with Crippen molar-refractivity contribution in [3.63, 3.8) is 0 Å². The smallest absolute Gasteiger partial charge is 0.333 e. The van der Waals surface area contributed by atoms with E-state index in [0.717, 1.165) is 31.9 Å². The van der Waals surface area contributed by atoms with Gasteiger partial charge in [0.2, 0.25) is 0 Å². The summed E-state index contributed by atoms with van der Waals surface area (Å²) in [6.45, 7) is 0. The Labute approximate surface area is 141 Å². The number of sulfone groups is 1. The zero-order chi connectivity index (χ0) is 17.3. The predicted molar refractivity (Wildman–Crippen MR) is 87.9 cm³/mol. The number of hydrazine groups is 1. The minimum absolute atomic E-state index is 0.140. The van der Waals surface area contributed by atoms with Crippen LogP contribution in [0.5, 0.6) is 0 Å². The first kappa shape index (κ1) is 16.8. The monoisotopic (exact) mass is 351 g/mol. The topological polar surface area (TPSA) is 104 Å². The molecule has 0 bridgehead atoms. The molecule has 0 atom stereocenters. The van der Waals surface area contributed by atoms with Crippen molar-refractivity contribution in [3.8, 4) is 0 Å². The molecule has 0 unspecified atom stereocenters. The molecule has 0 aromatic heterocycles.